The SMILES string of the molecule is CC(C)OC1CC(CNc2cc(F)c(C#N)c(F)c2)C1. The fourth-order valence-electron chi connectivity index (χ4n) is 2.38. The van der Waals surface area contributed by atoms with E-state index in [4.69, 9.17) is 10.00 Å². The van der Waals surface area contributed by atoms with Gasteiger partial charge >= 0.3 is 0 Å². The third-order valence-electron chi connectivity index (χ3n) is 3.41. The van der Waals surface area contributed by atoms with Crippen LogP contribution in [0.2, 0.25) is 0 Å². The summed E-state index contributed by atoms with van der Waals surface area (Å²) in [6.07, 6.45) is 2.46. The van der Waals surface area contributed by atoms with Crippen molar-refractivity contribution in [3.05, 3.63) is 29.3 Å². The highest BCUT2D eigenvalue weighted by Crippen LogP contribution is 2.31. The standard InChI is InChI=1S/C15H18F2N2O/c1-9(2)20-12-3-10(4-12)8-19-11-5-14(16)13(7-18)15(17)6-11/h5-6,9-10,12,19H,3-4,8H2,1-2H3. The normalized spacial score (nSPS) is 21.4. The molecule has 3 nitrogen and oxygen atoms in total. The molecular formula is C15H18F2N2O. The molecule has 1 saturated carbocycles. The van der Waals surface area contributed by atoms with Gasteiger partial charge < -0.3 is 10.1 Å². The van der Waals surface area contributed by atoms with E-state index >= 15 is 0 Å². The van der Waals surface area contributed by atoms with E-state index in [1.807, 2.05) is 13.8 Å². The molecule has 1 aromatic carbocycles. The van der Waals surface area contributed by atoms with Crippen molar-refractivity contribution in [3.63, 3.8) is 0 Å². The van der Waals surface area contributed by atoms with Crippen LogP contribution in [0.25, 0.3) is 0 Å². The van der Waals surface area contributed by atoms with Gasteiger partial charge in [-0.15, -0.1) is 0 Å². The van der Waals surface area contributed by atoms with Gasteiger partial charge in [0.1, 0.15) is 23.3 Å². The molecule has 0 aromatic heterocycles. The monoisotopic (exact) mass is 280 g/mol. The van der Waals surface area contributed by atoms with Crippen LogP contribution in [-0.2, 0) is 4.74 Å². The van der Waals surface area contributed by atoms with Gasteiger partial charge in [-0.2, -0.15) is 5.26 Å². The van der Waals surface area contributed by atoms with Gasteiger partial charge in [-0.1, -0.05) is 0 Å². The number of halogens is 2. The molecule has 0 saturated heterocycles. The van der Waals surface area contributed by atoms with Crippen molar-refractivity contribution in [2.75, 3.05) is 11.9 Å². The van der Waals surface area contributed by atoms with Gasteiger partial charge in [-0.3, -0.25) is 0 Å². The van der Waals surface area contributed by atoms with Crippen LogP contribution in [0.15, 0.2) is 12.1 Å². The fourth-order valence-corrected chi connectivity index (χ4v) is 2.38. The minimum Gasteiger partial charge on any atom is -0.385 e. The lowest BCUT2D eigenvalue weighted by Gasteiger charge is -2.36. The lowest BCUT2D eigenvalue weighted by molar-refractivity contribution is -0.0587. The molecule has 0 heterocycles. The van der Waals surface area contributed by atoms with Crippen molar-refractivity contribution in [3.8, 4) is 6.07 Å². The van der Waals surface area contributed by atoms with E-state index in [0.717, 1.165) is 25.0 Å². The van der Waals surface area contributed by atoms with Crippen LogP contribution < -0.4 is 5.32 Å². The molecule has 0 bridgehead atoms. The van der Waals surface area contributed by atoms with Crippen molar-refractivity contribution in [2.45, 2.75) is 38.9 Å². The van der Waals surface area contributed by atoms with Crippen molar-refractivity contribution in [2.24, 2.45) is 5.92 Å². The Labute approximate surface area is 117 Å². The van der Waals surface area contributed by atoms with E-state index in [1.165, 1.54) is 6.07 Å². The Bertz CT molecular complexity index is 496. The van der Waals surface area contributed by atoms with Gasteiger partial charge in [0.05, 0.1) is 12.2 Å². The number of hydrogen-bond acceptors (Lipinski definition) is 3. The van der Waals surface area contributed by atoms with Crippen LogP contribution in [-0.4, -0.2) is 18.8 Å². The first-order valence-electron chi connectivity index (χ1n) is 6.78. The lowest BCUT2D eigenvalue weighted by atomic mass is 9.82. The zero-order valence-electron chi connectivity index (χ0n) is 11.6. The molecule has 1 aromatic rings. The quantitative estimate of drug-likeness (QED) is 0.898. The molecule has 108 valence electrons. The van der Waals surface area contributed by atoms with Gasteiger partial charge in [0.2, 0.25) is 0 Å². The average molecular weight is 280 g/mol. The second kappa shape index (κ2) is 6.19. The largest absolute Gasteiger partial charge is 0.385 e. The summed E-state index contributed by atoms with van der Waals surface area (Å²) in [5, 5.41) is 11.6. The minimum absolute atomic E-state index is 0.232. The first-order chi connectivity index (χ1) is 9.49. The number of nitrogens with zero attached hydrogens (tertiary/aromatic N) is 1. The molecule has 20 heavy (non-hydrogen) atoms. The number of benzene rings is 1. The molecule has 2 rings (SSSR count). The third-order valence-corrected chi connectivity index (χ3v) is 3.41. The number of hydrogen-bond donors (Lipinski definition) is 1. The van der Waals surface area contributed by atoms with Crippen LogP contribution in [0.3, 0.4) is 0 Å². The summed E-state index contributed by atoms with van der Waals surface area (Å²) in [6, 6.07) is 3.82. The van der Waals surface area contributed by atoms with Gasteiger partial charge in [0.25, 0.3) is 0 Å². The first-order valence-corrected chi connectivity index (χ1v) is 6.78. The highest BCUT2D eigenvalue weighted by atomic mass is 19.1. The number of nitrogens with one attached hydrogen (secondary N) is 1. The summed E-state index contributed by atoms with van der Waals surface area (Å²) >= 11 is 0. The highest BCUT2D eigenvalue weighted by molar-refractivity contribution is 5.49. The average Bonchev–Trinajstić information content (AvgIpc) is 2.31. The maximum atomic E-state index is 13.4. The van der Waals surface area contributed by atoms with E-state index in [0.29, 0.717) is 24.3 Å². The predicted octanol–water partition coefficient (Wildman–Crippen LogP) is 3.45. The van der Waals surface area contributed by atoms with Crippen molar-refractivity contribution in [1.82, 2.24) is 0 Å². The van der Waals surface area contributed by atoms with Crippen LogP contribution in [0, 0.1) is 28.9 Å². The molecule has 0 spiro atoms. The second-order valence-electron chi connectivity index (χ2n) is 5.45. The lowest BCUT2D eigenvalue weighted by Crippen LogP contribution is -2.36. The Hall–Kier alpha value is -1.67. The summed E-state index contributed by atoms with van der Waals surface area (Å²) in [4.78, 5) is 0. The van der Waals surface area contributed by atoms with Crippen LogP contribution in [0.4, 0.5) is 14.5 Å². The Balaban J connectivity index is 1.83. The molecule has 1 aliphatic carbocycles. The Morgan fingerprint density at radius 3 is 2.45 bits per heavy atom. The molecule has 0 amide bonds. The predicted molar refractivity (Wildman–Crippen MR) is 72.3 cm³/mol. The number of ether oxygens (including phenoxy) is 1. The van der Waals surface area contributed by atoms with Gasteiger partial charge in [0, 0.05) is 12.2 Å². The zero-order valence-corrected chi connectivity index (χ0v) is 11.6. The smallest absolute Gasteiger partial charge is 0.146 e. The summed E-state index contributed by atoms with van der Waals surface area (Å²) in [7, 11) is 0. The van der Waals surface area contributed by atoms with E-state index in [-0.39, 0.29) is 6.10 Å². The molecule has 1 aliphatic rings. The van der Waals surface area contributed by atoms with Gasteiger partial charge in [0.15, 0.2) is 0 Å². The van der Waals surface area contributed by atoms with E-state index < -0.39 is 17.2 Å². The summed E-state index contributed by atoms with van der Waals surface area (Å²) in [5.74, 6) is -1.20. The molecular weight excluding hydrogens is 262 g/mol. The molecule has 0 aliphatic heterocycles. The van der Waals surface area contributed by atoms with Crippen molar-refractivity contribution in [1.29, 1.82) is 5.26 Å². The van der Waals surface area contributed by atoms with Crippen LogP contribution >= 0.6 is 0 Å². The molecule has 0 atom stereocenters. The molecule has 0 radical (unpaired) electrons. The summed E-state index contributed by atoms with van der Waals surface area (Å²) in [5.41, 5.74) is -0.170. The second-order valence-corrected chi connectivity index (χ2v) is 5.45. The van der Waals surface area contributed by atoms with E-state index in [1.54, 1.807) is 0 Å². The highest BCUT2D eigenvalue weighted by Gasteiger charge is 2.30. The zero-order chi connectivity index (χ0) is 14.7. The number of anilines is 1. The Kier molecular flexibility index (Phi) is 4.56. The van der Waals surface area contributed by atoms with E-state index in [2.05, 4.69) is 5.32 Å². The number of nitriles is 1. The van der Waals surface area contributed by atoms with Gasteiger partial charge in [-0.05, 0) is 44.7 Å². The maximum absolute atomic E-state index is 13.4. The fraction of sp³-hybridized carbons (Fsp3) is 0.533. The summed E-state index contributed by atoms with van der Waals surface area (Å²) < 4.78 is 32.5. The summed E-state index contributed by atoms with van der Waals surface area (Å²) in [6.45, 7) is 4.67. The Morgan fingerprint density at radius 2 is 1.95 bits per heavy atom. The maximum Gasteiger partial charge on any atom is 0.146 e. The van der Waals surface area contributed by atoms with Crippen LogP contribution in [0.5, 0.6) is 0 Å². The first kappa shape index (κ1) is 14.7. The Morgan fingerprint density at radius 1 is 1.35 bits per heavy atom. The molecule has 0 unspecified atom stereocenters. The number of rotatable bonds is 5. The molecule has 1 fully saturated rings. The molecule has 5 heteroatoms. The molecule has 1 N–H and O–H groups in total. The van der Waals surface area contributed by atoms with Crippen molar-refractivity contribution < 1.29 is 13.5 Å². The third kappa shape index (κ3) is 3.45. The minimum atomic E-state index is -0.829. The van der Waals surface area contributed by atoms with Gasteiger partial charge in [-0.25, -0.2) is 8.78 Å². The van der Waals surface area contributed by atoms with E-state index in [9.17, 15) is 8.78 Å². The topological polar surface area (TPSA) is 45.0 Å². The van der Waals surface area contributed by atoms with Crippen LogP contribution in [0.1, 0.15) is 32.3 Å². The van der Waals surface area contributed by atoms with Crippen molar-refractivity contribution >= 4 is 5.69 Å².